The van der Waals surface area contributed by atoms with Crippen LogP contribution in [0, 0.1) is 11.6 Å². The van der Waals surface area contributed by atoms with E-state index in [4.69, 9.17) is 0 Å². The summed E-state index contributed by atoms with van der Waals surface area (Å²) in [5, 5.41) is 4.58. The smallest absolute Gasteiger partial charge is 0.250 e. The fourth-order valence-electron chi connectivity index (χ4n) is 2.54. The lowest BCUT2D eigenvalue weighted by Gasteiger charge is -2.20. The fourth-order valence-corrected chi connectivity index (χ4v) is 3.69. The first-order chi connectivity index (χ1) is 11.6. The maximum atomic E-state index is 13.1. The highest BCUT2D eigenvalue weighted by Crippen LogP contribution is 2.41. The van der Waals surface area contributed by atoms with Crippen LogP contribution in [-0.4, -0.2) is 20.7 Å². The van der Waals surface area contributed by atoms with Crippen molar-refractivity contribution in [3.63, 3.8) is 0 Å². The second kappa shape index (κ2) is 5.83. The molecule has 0 saturated carbocycles. The zero-order chi connectivity index (χ0) is 16.7. The topological polar surface area (TPSA) is 47.8 Å². The summed E-state index contributed by atoms with van der Waals surface area (Å²) in [5.74, 6) is -0.443. The third-order valence-corrected chi connectivity index (χ3v) is 4.96. The fraction of sp³-hybridized carbons (Fsp3) is 0.118. The van der Waals surface area contributed by atoms with E-state index in [1.165, 1.54) is 40.7 Å². The van der Waals surface area contributed by atoms with E-state index in [1.54, 1.807) is 24.3 Å². The predicted molar refractivity (Wildman–Crippen MR) is 85.7 cm³/mol. The highest BCUT2D eigenvalue weighted by molar-refractivity contribution is 7.99. The number of rotatable bonds is 2. The van der Waals surface area contributed by atoms with E-state index in [1.807, 2.05) is 0 Å². The first-order valence-electron chi connectivity index (χ1n) is 7.28. The summed E-state index contributed by atoms with van der Waals surface area (Å²) in [6.07, 6.45) is 0.259. The molecule has 0 spiro atoms. The number of benzene rings is 2. The second-order valence-electron chi connectivity index (χ2n) is 5.39. The first kappa shape index (κ1) is 15.0. The van der Waals surface area contributed by atoms with Gasteiger partial charge in [-0.25, -0.2) is 13.8 Å². The molecule has 4 nitrogen and oxygen atoms in total. The number of hydrogen-bond acceptors (Lipinski definition) is 4. The normalized spacial score (nSPS) is 16.9. The van der Waals surface area contributed by atoms with E-state index in [2.05, 4.69) is 10.1 Å². The van der Waals surface area contributed by atoms with Gasteiger partial charge in [0.25, 0.3) is 5.91 Å². The zero-order valence-electron chi connectivity index (χ0n) is 12.3. The molecule has 0 fully saturated rings. The van der Waals surface area contributed by atoms with Crippen LogP contribution < -0.4 is 0 Å². The van der Waals surface area contributed by atoms with E-state index < -0.39 is 0 Å². The molecule has 0 aliphatic carbocycles. The molecule has 7 heteroatoms. The summed E-state index contributed by atoms with van der Waals surface area (Å²) in [6.45, 7) is 0. The molecule has 1 atom stereocenters. The lowest BCUT2D eigenvalue weighted by molar-refractivity contribution is 0.0868. The van der Waals surface area contributed by atoms with Gasteiger partial charge in [-0.1, -0.05) is 23.9 Å². The van der Waals surface area contributed by atoms with Crippen LogP contribution in [0.15, 0.2) is 53.7 Å². The number of carbonyl (C=O) groups excluding carboxylic acids is 1. The lowest BCUT2D eigenvalue weighted by atomic mass is 10.1. The Balaban J connectivity index is 1.66. The van der Waals surface area contributed by atoms with Crippen LogP contribution in [0.5, 0.6) is 0 Å². The molecule has 1 aromatic heterocycles. The van der Waals surface area contributed by atoms with Crippen LogP contribution in [0.2, 0.25) is 0 Å². The van der Waals surface area contributed by atoms with Gasteiger partial charge in [0.15, 0.2) is 11.0 Å². The van der Waals surface area contributed by atoms with E-state index >= 15 is 0 Å². The number of hydrogen-bond donors (Lipinski definition) is 0. The molecule has 0 saturated heterocycles. The molecule has 0 unspecified atom stereocenters. The Kier molecular flexibility index (Phi) is 3.65. The van der Waals surface area contributed by atoms with Crippen molar-refractivity contribution in [2.45, 2.75) is 16.8 Å². The highest BCUT2D eigenvalue weighted by Gasteiger charge is 2.30. The van der Waals surface area contributed by atoms with E-state index in [9.17, 15) is 13.6 Å². The van der Waals surface area contributed by atoms with E-state index in [0.717, 1.165) is 5.56 Å². The van der Waals surface area contributed by atoms with Gasteiger partial charge in [0.2, 0.25) is 0 Å². The predicted octanol–water partition coefficient (Wildman–Crippen LogP) is 4.10. The van der Waals surface area contributed by atoms with E-state index in [0.29, 0.717) is 16.5 Å². The van der Waals surface area contributed by atoms with Gasteiger partial charge < -0.3 is 0 Å². The summed E-state index contributed by atoms with van der Waals surface area (Å²) < 4.78 is 27.4. The number of thioether (sulfide) groups is 1. The van der Waals surface area contributed by atoms with Gasteiger partial charge in [-0.3, -0.25) is 4.79 Å². The van der Waals surface area contributed by atoms with Crippen molar-refractivity contribution in [3.8, 4) is 11.4 Å². The Labute approximate surface area is 140 Å². The molecule has 24 heavy (non-hydrogen) atoms. The van der Waals surface area contributed by atoms with Crippen LogP contribution in [0.1, 0.15) is 22.0 Å². The Morgan fingerprint density at radius 3 is 2.29 bits per heavy atom. The minimum Gasteiger partial charge on any atom is -0.272 e. The van der Waals surface area contributed by atoms with Gasteiger partial charge in [0.1, 0.15) is 11.6 Å². The molecule has 2 aromatic carbocycles. The summed E-state index contributed by atoms with van der Waals surface area (Å²) in [5.41, 5.74) is 1.51. The summed E-state index contributed by atoms with van der Waals surface area (Å²) >= 11 is 1.41. The molecule has 120 valence electrons. The van der Waals surface area contributed by atoms with Gasteiger partial charge in [-0.2, -0.15) is 4.68 Å². The molecule has 3 aromatic rings. The minimum atomic E-state index is -0.343. The lowest BCUT2D eigenvalue weighted by Crippen LogP contribution is -2.20. The average Bonchev–Trinajstić information content (AvgIpc) is 3.01. The van der Waals surface area contributed by atoms with Crippen LogP contribution in [0.4, 0.5) is 8.78 Å². The van der Waals surface area contributed by atoms with Crippen LogP contribution in [-0.2, 0) is 0 Å². The Bertz CT molecular complexity index is 907. The van der Waals surface area contributed by atoms with Crippen molar-refractivity contribution in [1.82, 2.24) is 14.8 Å². The zero-order valence-corrected chi connectivity index (χ0v) is 13.1. The van der Waals surface area contributed by atoms with Crippen molar-refractivity contribution < 1.29 is 13.6 Å². The van der Waals surface area contributed by atoms with Crippen molar-refractivity contribution in [3.05, 3.63) is 65.7 Å². The van der Waals surface area contributed by atoms with Crippen LogP contribution in [0.3, 0.4) is 0 Å². The summed E-state index contributed by atoms with van der Waals surface area (Å²) in [4.78, 5) is 16.7. The van der Waals surface area contributed by atoms with Crippen LogP contribution in [0.25, 0.3) is 11.4 Å². The molecule has 0 bridgehead atoms. The van der Waals surface area contributed by atoms with Gasteiger partial charge >= 0.3 is 0 Å². The van der Waals surface area contributed by atoms with Crippen molar-refractivity contribution in [2.75, 3.05) is 0 Å². The van der Waals surface area contributed by atoms with Gasteiger partial charge in [-0.05, 0) is 42.0 Å². The SMILES string of the molecule is O=C1C[C@H](c2ccc(F)cc2)Sc2nc(-c3ccc(F)cc3)nn21. The minimum absolute atomic E-state index is 0.129. The largest absolute Gasteiger partial charge is 0.272 e. The number of fused-ring (bicyclic) bond motifs is 1. The maximum Gasteiger partial charge on any atom is 0.250 e. The molecular formula is C17H11F2N3OS. The number of nitrogens with zero attached hydrogens (tertiary/aromatic N) is 3. The van der Waals surface area contributed by atoms with Gasteiger partial charge in [0.05, 0.1) is 0 Å². The molecule has 1 aliphatic heterocycles. The van der Waals surface area contributed by atoms with Gasteiger partial charge in [0, 0.05) is 17.2 Å². The average molecular weight is 343 g/mol. The summed E-state index contributed by atoms with van der Waals surface area (Å²) in [7, 11) is 0. The number of aromatic nitrogens is 3. The van der Waals surface area contributed by atoms with E-state index in [-0.39, 0.29) is 29.2 Å². The Morgan fingerprint density at radius 1 is 1.00 bits per heavy atom. The standard InChI is InChI=1S/C17H11F2N3OS/c18-12-5-1-10(2-6-12)14-9-15(23)22-17(24-14)20-16(21-22)11-3-7-13(19)8-4-11/h1-8,14H,9H2/t14-/m1/s1. The summed E-state index contributed by atoms with van der Waals surface area (Å²) in [6, 6.07) is 11.9. The Hall–Kier alpha value is -2.54. The molecular weight excluding hydrogens is 332 g/mol. The molecule has 4 rings (SSSR count). The molecule has 2 heterocycles. The Morgan fingerprint density at radius 2 is 1.62 bits per heavy atom. The molecule has 1 aliphatic rings. The van der Waals surface area contributed by atoms with Crippen LogP contribution >= 0.6 is 11.8 Å². The monoisotopic (exact) mass is 343 g/mol. The van der Waals surface area contributed by atoms with Crippen molar-refractivity contribution in [2.24, 2.45) is 0 Å². The molecule has 0 radical (unpaired) electrons. The highest BCUT2D eigenvalue weighted by atomic mass is 32.2. The van der Waals surface area contributed by atoms with Crippen molar-refractivity contribution >= 4 is 17.7 Å². The van der Waals surface area contributed by atoms with Crippen molar-refractivity contribution in [1.29, 1.82) is 0 Å². The quantitative estimate of drug-likeness (QED) is 0.703. The van der Waals surface area contributed by atoms with Gasteiger partial charge in [-0.15, -0.1) is 5.10 Å². The maximum absolute atomic E-state index is 13.1. The molecule has 0 N–H and O–H groups in total. The molecule has 0 amide bonds. The third kappa shape index (κ3) is 2.71. The third-order valence-electron chi connectivity index (χ3n) is 3.77. The number of carbonyl (C=O) groups is 1. The number of halogens is 2. The first-order valence-corrected chi connectivity index (χ1v) is 8.16. The second-order valence-corrected chi connectivity index (χ2v) is 6.56.